The van der Waals surface area contributed by atoms with E-state index in [1.165, 1.54) is 12.1 Å². The van der Waals surface area contributed by atoms with Crippen molar-refractivity contribution in [3.63, 3.8) is 0 Å². The number of hydrogen-bond donors (Lipinski definition) is 2. The van der Waals surface area contributed by atoms with E-state index in [1.807, 2.05) is 6.92 Å². The summed E-state index contributed by atoms with van der Waals surface area (Å²) in [5, 5.41) is 16.6. The highest BCUT2D eigenvalue weighted by atomic mass is 32.2. The topological polar surface area (TPSA) is 97.2 Å². The van der Waals surface area contributed by atoms with Crippen molar-refractivity contribution in [1.82, 2.24) is 4.98 Å². The normalized spacial score (nSPS) is 13.6. The Kier molecular flexibility index (Phi) is 5.68. The van der Waals surface area contributed by atoms with Gasteiger partial charge in [-0.3, -0.25) is 14.3 Å². The molecular weight excluding hydrogens is 268 g/mol. The van der Waals surface area contributed by atoms with Crippen molar-refractivity contribution >= 4 is 28.1 Å². The van der Waals surface area contributed by atoms with Crippen LogP contribution in [0.25, 0.3) is 0 Å². The monoisotopic (exact) mass is 286 g/mol. The van der Waals surface area contributed by atoms with E-state index in [0.717, 1.165) is 0 Å². The number of nitro groups is 1. The fraction of sp³-hybridized carbons (Fsp3) is 0.545. The number of nitrogens with one attached hydrogen (secondary N) is 2. The van der Waals surface area contributed by atoms with Crippen LogP contribution in [0.3, 0.4) is 0 Å². The lowest BCUT2D eigenvalue weighted by Crippen LogP contribution is -2.15. The lowest BCUT2D eigenvalue weighted by atomic mass is 10.3. The highest BCUT2D eigenvalue weighted by molar-refractivity contribution is 7.84. The Bertz CT molecular complexity index is 481. The van der Waals surface area contributed by atoms with Crippen LogP contribution in [-0.4, -0.2) is 39.2 Å². The first-order valence-electron chi connectivity index (χ1n) is 5.84. The second-order valence-electron chi connectivity index (χ2n) is 4.13. The number of aromatic nitrogens is 1. The molecule has 0 saturated heterocycles. The van der Waals surface area contributed by atoms with Gasteiger partial charge in [0.2, 0.25) is 0 Å². The van der Waals surface area contributed by atoms with Gasteiger partial charge in [-0.05, 0) is 6.42 Å². The van der Waals surface area contributed by atoms with Gasteiger partial charge in [-0.1, -0.05) is 6.92 Å². The van der Waals surface area contributed by atoms with E-state index in [9.17, 15) is 14.3 Å². The molecule has 2 N–H and O–H groups in total. The lowest BCUT2D eigenvalue weighted by Gasteiger charge is -2.10. The Labute approximate surface area is 114 Å². The summed E-state index contributed by atoms with van der Waals surface area (Å²) >= 11 is 0. The maximum atomic E-state index is 11.2. The van der Waals surface area contributed by atoms with Crippen LogP contribution in [0.2, 0.25) is 0 Å². The van der Waals surface area contributed by atoms with Gasteiger partial charge in [-0.25, -0.2) is 4.98 Å². The molecule has 106 valence electrons. The summed E-state index contributed by atoms with van der Waals surface area (Å²) in [5.41, 5.74) is -0.0195. The van der Waals surface area contributed by atoms with Gasteiger partial charge in [0, 0.05) is 35.9 Å². The van der Waals surface area contributed by atoms with E-state index in [2.05, 4.69) is 15.6 Å². The van der Waals surface area contributed by atoms with E-state index >= 15 is 0 Å². The molecule has 2 atom stereocenters. The van der Waals surface area contributed by atoms with E-state index in [-0.39, 0.29) is 10.9 Å². The van der Waals surface area contributed by atoms with Crippen molar-refractivity contribution in [1.29, 1.82) is 0 Å². The van der Waals surface area contributed by atoms with Crippen LogP contribution < -0.4 is 10.6 Å². The largest absolute Gasteiger partial charge is 0.373 e. The van der Waals surface area contributed by atoms with Crippen LogP contribution >= 0.6 is 0 Å². The molecular formula is C11H18N4O3S. The minimum absolute atomic E-state index is 0.0195. The van der Waals surface area contributed by atoms with Crippen molar-refractivity contribution < 1.29 is 9.13 Å². The first kappa shape index (κ1) is 15.4. The highest BCUT2D eigenvalue weighted by Gasteiger charge is 2.11. The standard InChI is InChI=1S/C11H18N4O3S/c1-8(19(3)18)4-5-13-11-7-9(15(16)17)6-10(12-2)14-11/h6-8H,4-5H2,1-3H3,(H2,12,13,14). The van der Waals surface area contributed by atoms with Crippen molar-refractivity contribution in [2.24, 2.45) is 0 Å². The van der Waals surface area contributed by atoms with Crippen molar-refractivity contribution in [3.8, 4) is 0 Å². The number of hydrogen-bond acceptors (Lipinski definition) is 6. The molecule has 1 heterocycles. The Morgan fingerprint density at radius 2 is 2.11 bits per heavy atom. The molecule has 0 aromatic carbocycles. The summed E-state index contributed by atoms with van der Waals surface area (Å²) in [6.07, 6.45) is 2.37. The lowest BCUT2D eigenvalue weighted by molar-refractivity contribution is -0.384. The van der Waals surface area contributed by atoms with Crippen LogP contribution in [0.1, 0.15) is 13.3 Å². The molecule has 7 nitrogen and oxygen atoms in total. The van der Waals surface area contributed by atoms with Gasteiger partial charge in [0.1, 0.15) is 11.6 Å². The van der Waals surface area contributed by atoms with Gasteiger partial charge in [0.05, 0.1) is 17.1 Å². The molecule has 0 bridgehead atoms. The van der Waals surface area contributed by atoms with Crippen LogP contribution in [0.4, 0.5) is 17.3 Å². The van der Waals surface area contributed by atoms with Crippen molar-refractivity contribution in [3.05, 3.63) is 22.2 Å². The summed E-state index contributed by atoms with van der Waals surface area (Å²) in [4.78, 5) is 14.5. The molecule has 19 heavy (non-hydrogen) atoms. The van der Waals surface area contributed by atoms with E-state index in [4.69, 9.17) is 0 Å². The number of rotatable bonds is 7. The third-order valence-electron chi connectivity index (χ3n) is 2.70. The third-order valence-corrected chi connectivity index (χ3v) is 4.07. The molecule has 0 radical (unpaired) electrons. The van der Waals surface area contributed by atoms with Gasteiger partial charge in [-0.2, -0.15) is 0 Å². The molecule has 0 fully saturated rings. The van der Waals surface area contributed by atoms with Crippen LogP contribution in [0.15, 0.2) is 12.1 Å². The average Bonchev–Trinajstić information content (AvgIpc) is 2.37. The van der Waals surface area contributed by atoms with Crippen molar-refractivity contribution in [2.45, 2.75) is 18.6 Å². The Hall–Kier alpha value is -1.70. The summed E-state index contributed by atoms with van der Waals surface area (Å²) < 4.78 is 11.2. The molecule has 0 amide bonds. The van der Waals surface area contributed by atoms with Crippen LogP contribution in [0.5, 0.6) is 0 Å². The number of pyridine rings is 1. The quantitative estimate of drug-likeness (QED) is 0.583. The zero-order valence-electron chi connectivity index (χ0n) is 11.2. The summed E-state index contributed by atoms with van der Waals surface area (Å²) in [7, 11) is 0.784. The zero-order valence-corrected chi connectivity index (χ0v) is 12.0. The van der Waals surface area contributed by atoms with E-state index in [0.29, 0.717) is 24.6 Å². The Morgan fingerprint density at radius 3 is 2.63 bits per heavy atom. The van der Waals surface area contributed by atoms with E-state index in [1.54, 1.807) is 13.3 Å². The molecule has 1 rings (SSSR count). The molecule has 1 aromatic rings. The molecule has 0 spiro atoms. The Balaban J connectivity index is 2.70. The first-order valence-corrected chi connectivity index (χ1v) is 7.46. The minimum atomic E-state index is -0.867. The van der Waals surface area contributed by atoms with Gasteiger partial charge in [0.15, 0.2) is 0 Å². The fourth-order valence-electron chi connectivity index (χ4n) is 1.41. The van der Waals surface area contributed by atoms with Gasteiger partial charge in [0.25, 0.3) is 5.69 Å². The Morgan fingerprint density at radius 1 is 1.47 bits per heavy atom. The molecule has 0 aliphatic carbocycles. The molecule has 0 aliphatic heterocycles. The second-order valence-corrected chi connectivity index (χ2v) is 5.93. The van der Waals surface area contributed by atoms with Crippen LogP contribution in [-0.2, 0) is 10.8 Å². The van der Waals surface area contributed by atoms with Gasteiger partial charge < -0.3 is 10.6 Å². The smallest absolute Gasteiger partial charge is 0.276 e. The SMILES string of the molecule is CNc1cc([N+](=O)[O-])cc(NCCC(C)S(C)=O)n1. The van der Waals surface area contributed by atoms with Gasteiger partial charge >= 0.3 is 0 Å². The number of nitrogens with zero attached hydrogens (tertiary/aromatic N) is 2. The van der Waals surface area contributed by atoms with E-state index < -0.39 is 15.7 Å². The van der Waals surface area contributed by atoms with Gasteiger partial charge in [-0.15, -0.1) is 0 Å². The predicted octanol–water partition coefficient (Wildman–Crippen LogP) is 1.60. The molecule has 1 aromatic heterocycles. The maximum Gasteiger partial charge on any atom is 0.276 e. The second kappa shape index (κ2) is 7.03. The van der Waals surface area contributed by atoms with Crippen LogP contribution in [0, 0.1) is 10.1 Å². The minimum Gasteiger partial charge on any atom is -0.373 e. The summed E-state index contributed by atoms with van der Waals surface area (Å²) in [6.45, 7) is 2.47. The molecule has 8 heteroatoms. The molecule has 2 unspecified atom stereocenters. The molecule has 0 saturated carbocycles. The highest BCUT2D eigenvalue weighted by Crippen LogP contribution is 2.20. The molecule has 0 aliphatic rings. The summed E-state index contributed by atoms with van der Waals surface area (Å²) in [6, 6.07) is 2.75. The maximum absolute atomic E-state index is 11.2. The third kappa shape index (κ3) is 4.82. The predicted molar refractivity (Wildman–Crippen MR) is 77.1 cm³/mol. The fourth-order valence-corrected chi connectivity index (χ4v) is 1.86. The summed E-state index contributed by atoms with van der Waals surface area (Å²) in [5.74, 6) is 0.872. The van der Waals surface area contributed by atoms with Crippen molar-refractivity contribution in [2.75, 3.05) is 30.5 Å². The average molecular weight is 286 g/mol. The first-order chi connectivity index (χ1) is 8.93. The zero-order chi connectivity index (χ0) is 14.4. The number of anilines is 2.